The minimum atomic E-state index is -0.857. The highest BCUT2D eigenvalue weighted by atomic mass is 16.5. The van der Waals surface area contributed by atoms with Crippen LogP contribution in [0.5, 0.6) is 0 Å². The van der Waals surface area contributed by atoms with Gasteiger partial charge in [0.1, 0.15) is 5.69 Å². The van der Waals surface area contributed by atoms with Crippen molar-refractivity contribution < 1.29 is 24.2 Å². The van der Waals surface area contributed by atoms with Gasteiger partial charge in [-0.15, -0.1) is 0 Å². The smallest absolute Gasteiger partial charge is 0.340 e. The largest absolute Gasteiger partial charge is 0.462 e. The number of ether oxygens (including phenoxy) is 1. The predicted octanol–water partition coefficient (Wildman–Crippen LogP) is 1.77. The van der Waals surface area contributed by atoms with Crippen molar-refractivity contribution in [3.63, 3.8) is 0 Å². The number of carbonyl (C=O) groups excluding carboxylic acids is 3. The quantitative estimate of drug-likeness (QED) is 0.397. The number of hydrogen-bond acceptors (Lipinski definition) is 5. The first-order valence-electron chi connectivity index (χ1n) is 8.30. The van der Waals surface area contributed by atoms with Crippen molar-refractivity contribution in [1.82, 2.24) is 10.3 Å². The SMILES string of the molecule is CCOC(=O)c1c(C)[nH]c(C(=O)C(=O)NCCO)c1-c1ccc(C)cc1. The van der Waals surface area contributed by atoms with Crippen molar-refractivity contribution in [2.45, 2.75) is 20.8 Å². The number of aliphatic hydroxyl groups is 1. The van der Waals surface area contributed by atoms with Crippen molar-refractivity contribution in [3.05, 3.63) is 46.8 Å². The van der Waals surface area contributed by atoms with E-state index >= 15 is 0 Å². The lowest BCUT2D eigenvalue weighted by Gasteiger charge is -2.08. The van der Waals surface area contributed by atoms with Gasteiger partial charge in [0, 0.05) is 17.8 Å². The van der Waals surface area contributed by atoms with E-state index in [0.717, 1.165) is 5.56 Å². The first-order chi connectivity index (χ1) is 12.4. The molecule has 0 atom stereocenters. The molecule has 0 saturated heterocycles. The topological polar surface area (TPSA) is 108 Å². The van der Waals surface area contributed by atoms with Crippen molar-refractivity contribution in [1.29, 1.82) is 0 Å². The Kier molecular flexibility index (Phi) is 6.30. The van der Waals surface area contributed by atoms with Gasteiger partial charge in [-0.3, -0.25) is 9.59 Å². The van der Waals surface area contributed by atoms with E-state index in [4.69, 9.17) is 9.84 Å². The fourth-order valence-electron chi connectivity index (χ4n) is 2.63. The monoisotopic (exact) mass is 358 g/mol. The summed E-state index contributed by atoms with van der Waals surface area (Å²) in [5.41, 5.74) is 2.68. The molecule has 26 heavy (non-hydrogen) atoms. The van der Waals surface area contributed by atoms with Gasteiger partial charge in [-0.2, -0.15) is 0 Å². The maximum Gasteiger partial charge on any atom is 0.340 e. The molecule has 1 aromatic heterocycles. The third kappa shape index (κ3) is 4.00. The van der Waals surface area contributed by atoms with Gasteiger partial charge in [0.25, 0.3) is 11.7 Å². The number of benzene rings is 1. The number of esters is 1. The first-order valence-corrected chi connectivity index (χ1v) is 8.30. The summed E-state index contributed by atoms with van der Waals surface area (Å²) >= 11 is 0. The van der Waals surface area contributed by atoms with Crippen LogP contribution in [0.2, 0.25) is 0 Å². The van der Waals surface area contributed by atoms with Crippen LogP contribution in [-0.2, 0) is 9.53 Å². The average molecular weight is 358 g/mol. The lowest BCUT2D eigenvalue weighted by molar-refractivity contribution is -0.117. The minimum Gasteiger partial charge on any atom is -0.462 e. The van der Waals surface area contributed by atoms with Crippen LogP contribution >= 0.6 is 0 Å². The molecular formula is C19H22N2O5. The number of aryl methyl sites for hydroxylation is 2. The molecule has 138 valence electrons. The molecule has 0 bridgehead atoms. The lowest BCUT2D eigenvalue weighted by Crippen LogP contribution is -2.33. The van der Waals surface area contributed by atoms with E-state index in [9.17, 15) is 14.4 Å². The number of H-pyrrole nitrogens is 1. The molecule has 0 fully saturated rings. The molecular weight excluding hydrogens is 336 g/mol. The summed E-state index contributed by atoms with van der Waals surface area (Å²) in [6.45, 7) is 5.15. The third-order valence-corrected chi connectivity index (χ3v) is 3.84. The fourth-order valence-corrected chi connectivity index (χ4v) is 2.63. The number of aromatic amines is 1. The van der Waals surface area contributed by atoms with Gasteiger partial charge in [-0.05, 0) is 26.3 Å². The van der Waals surface area contributed by atoms with Gasteiger partial charge in [-0.1, -0.05) is 29.8 Å². The van der Waals surface area contributed by atoms with E-state index in [1.54, 1.807) is 26.0 Å². The van der Waals surface area contributed by atoms with E-state index in [1.165, 1.54) is 0 Å². The molecule has 7 nitrogen and oxygen atoms in total. The summed E-state index contributed by atoms with van der Waals surface area (Å²) in [6.07, 6.45) is 0. The summed E-state index contributed by atoms with van der Waals surface area (Å²) in [6, 6.07) is 7.27. The normalized spacial score (nSPS) is 10.5. The van der Waals surface area contributed by atoms with E-state index < -0.39 is 17.7 Å². The van der Waals surface area contributed by atoms with Crippen molar-refractivity contribution in [2.24, 2.45) is 0 Å². The number of carbonyl (C=O) groups is 3. The summed E-state index contributed by atoms with van der Waals surface area (Å²) in [5.74, 6) is -2.23. The molecule has 0 aliphatic rings. The van der Waals surface area contributed by atoms with E-state index in [1.807, 2.05) is 19.1 Å². The van der Waals surface area contributed by atoms with Crippen LogP contribution < -0.4 is 5.32 Å². The van der Waals surface area contributed by atoms with Crippen LogP contribution in [0, 0.1) is 13.8 Å². The standard InChI is InChI=1S/C19H22N2O5/c1-4-26-19(25)14-12(3)21-16(17(23)18(24)20-9-10-22)15(14)13-7-5-11(2)6-8-13/h5-8,21-22H,4,9-10H2,1-3H3,(H,20,24). The van der Waals surface area contributed by atoms with Crippen molar-refractivity contribution in [3.8, 4) is 11.1 Å². The van der Waals surface area contributed by atoms with Gasteiger partial charge in [0.05, 0.1) is 18.8 Å². The van der Waals surface area contributed by atoms with Crippen LogP contribution in [0.15, 0.2) is 24.3 Å². The summed E-state index contributed by atoms with van der Waals surface area (Å²) in [7, 11) is 0. The second-order valence-corrected chi connectivity index (χ2v) is 5.77. The van der Waals surface area contributed by atoms with Crippen molar-refractivity contribution in [2.75, 3.05) is 19.8 Å². The van der Waals surface area contributed by atoms with Crippen LogP contribution in [0.3, 0.4) is 0 Å². The molecule has 0 radical (unpaired) electrons. The number of hydrogen-bond donors (Lipinski definition) is 3. The Hall–Kier alpha value is -2.93. The second kappa shape index (κ2) is 8.44. The second-order valence-electron chi connectivity index (χ2n) is 5.77. The lowest BCUT2D eigenvalue weighted by atomic mass is 9.97. The number of amides is 1. The highest BCUT2D eigenvalue weighted by Crippen LogP contribution is 2.31. The van der Waals surface area contributed by atoms with Gasteiger partial charge >= 0.3 is 5.97 Å². The zero-order valence-corrected chi connectivity index (χ0v) is 15.0. The molecule has 2 aromatic rings. The molecule has 0 unspecified atom stereocenters. The fraction of sp³-hybridized carbons (Fsp3) is 0.316. The highest BCUT2D eigenvalue weighted by Gasteiger charge is 2.29. The summed E-state index contributed by atoms with van der Waals surface area (Å²) in [5, 5.41) is 11.1. The van der Waals surface area contributed by atoms with Gasteiger partial charge in [0.15, 0.2) is 0 Å². The molecule has 0 saturated carbocycles. The Morgan fingerprint density at radius 2 is 1.81 bits per heavy atom. The maximum atomic E-state index is 12.6. The summed E-state index contributed by atoms with van der Waals surface area (Å²) < 4.78 is 5.11. The van der Waals surface area contributed by atoms with Crippen LogP contribution in [0.4, 0.5) is 0 Å². The minimum absolute atomic E-state index is 0.0184. The highest BCUT2D eigenvalue weighted by molar-refractivity contribution is 6.43. The number of ketones is 1. The number of rotatable bonds is 7. The molecule has 1 heterocycles. The first kappa shape index (κ1) is 19.4. The molecule has 2 rings (SSSR count). The van der Waals surface area contributed by atoms with Crippen LogP contribution in [-0.4, -0.2) is 47.5 Å². The Morgan fingerprint density at radius 1 is 1.15 bits per heavy atom. The molecule has 3 N–H and O–H groups in total. The Balaban J connectivity index is 2.59. The molecule has 0 aliphatic carbocycles. The number of aliphatic hydroxyl groups excluding tert-OH is 1. The Morgan fingerprint density at radius 3 is 2.38 bits per heavy atom. The number of nitrogens with one attached hydrogen (secondary N) is 2. The summed E-state index contributed by atoms with van der Waals surface area (Å²) in [4.78, 5) is 39.9. The van der Waals surface area contributed by atoms with Gasteiger partial charge < -0.3 is 20.1 Å². The van der Waals surface area contributed by atoms with Gasteiger partial charge in [0.2, 0.25) is 0 Å². The molecule has 1 amide bonds. The Bertz CT molecular complexity index is 821. The van der Waals surface area contributed by atoms with E-state index in [-0.39, 0.29) is 31.0 Å². The average Bonchev–Trinajstić information content (AvgIpc) is 2.97. The van der Waals surface area contributed by atoms with Crippen molar-refractivity contribution >= 4 is 17.7 Å². The molecule has 0 spiro atoms. The molecule has 1 aromatic carbocycles. The Labute approximate surface area is 151 Å². The zero-order valence-electron chi connectivity index (χ0n) is 15.0. The third-order valence-electron chi connectivity index (χ3n) is 3.84. The number of aromatic nitrogens is 1. The van der Waals surface area contributed by atoms with E-state index in [2.05, 4.69) is 10.3 Å². The van der Waals surface area contributed by atoms with Crippen LogP contribution in [0.1, 0.15) is 39.0 Å². The predicted molar refractivity (Wildman–Crippen MR) is 96.1 cm³/mol. The number of Topliss-reactive ketones (excluding diaryl/α,β-unsaturated/α-hetero) is 1. The molecule has 7 heteroatoms. The van der Waals surface area contributed by atoms with Gasteiger partial charge in [-0.25, -0.2) is 4.79 Å². The zero-order chi connectivity index (χ0) is 19.3. The van der Waals surface area contributed by atoms with Crippen LogP contribution in [0.25, 0.3) is 11.1 Å². The molecule has 0 aliphatic heterocycles. The maximum absolute atomic E-state index is 12.6. The van der Waals surface area contributed by atoms with E-state index in [0.29, 0.717) is 16.8 Å².